The average molecular weight is 168 g/mol. The van der Waals surface area contributed by atoms with Gasteiger partial charge in [-0.15, -0.1) is 9.24 Å². The topological polar surface area (TPSA) is 9.23 Å². The number of hydrogen-bond acceptors (Lipinski definition) is 1. The van der Waals surface area contributed by atoms with Gasteiger partial charge in [-0.1, -0.05) is 13.0 Å². The van der Waals surface area contributed by atoms with Crippen molar-refractivity contribution in [2.45, 2.75) is 13.3 Å². The van der Waals surface area contributed by atoms with Gasteiger partial charge in [-0.3, -0.25) is 0 Å². The zero-order valence-electron chi connectivity index (χ0n) is 6.92. The molecule has 1 rings (SSSR count). The molecule has 1 nitrogen and oxygen atoms in total. The summed E-state index contributed by atoms with van der Waals surface area (Å²) in [4.78, 5) is 0. The number of aryl methyl sites for hydroxylation is 1. The largest absolute Gasteiger partial charge is 0.496 e. The van der Waals surface area contributed by atoms with E-state index in [9.17, 15) is 0 Å². The number of hydrogen-bond donors (Lipinski definition) is 0. The van der Waals surface area contributed by atoms with Gasteiger partial charge in [0.2, 0.25) is 0 Å². The van der Waals surface area contributed by atoms with Crippen LogP contribution in [0.2, 0.25) is 0 Å². The standard InChI is InChI=1S/C9H13OP/c1-3-7-4-5-8(10-2)9(11)6-7/h4-6H,3,11H2,1-2H3. The second kappa shape index (κ2) is 3.73. The highest BCUT2D eigenvalue weighted by molar-refractivity contribution is 7.27. The average Bonchev–Trinajstić information content (AvgIpc) is 2.04. The Labute approximate surface area is 70.0 Å². The van der Waals surface area contributed by atoms with E-state index >= 15 is 0 Å². The van der Waals surface area contributed by atoms with Gasteiger partial charge in [-0.2, -0.15) is 0 Å². The van der Waals surface area contributed by atoms with Crippen molar-refractivity contribution in [3.05, 3.63) is 23.8 Å². The molecule has 0 aliphatic rings. The molecule has 1 unspecified atom stereocenters. The van der Waals surface area contributed by atoms with Crippen molar-refractivity contribution in [1.29, 1.82) is 0 Å². The maximum Gasteiger partial charge on any atom is 0.125 e. The Morgan fingerprint density at radius 3 is 2.64 bits per heavy atom. The van der Waals surface area contributed by atoms with E-state index in [4.69, 9.17) is 4.74 Å². The molecular formula is C9H13OP. The first kappa shape index (κ1) is 8.55. The monoisotopic (exact) mass is 168 g/mol. The van der Waals surface area contributed by atoms with E-state index in [1.165, 1.54) is 5.56 Å². The highest BCUT2D eigenvalue weighted by atomic mass is 31.0. The van der Waals surface area contributed by atoms with E-state index in [1.807, 2.05) is 6.07 Å². The zero-order chi connectivity index (χ0) is 8.27. The fourth-order valence-corrected chi connectivity index (χ4v) is 1.43. The van der Waals surface area contributed by atoms with Gasteiger partial charge in [-0.25, -0.2) is 0 Å². The van der Waals surface area contributed by atoms with Crippen LogP contribution in [0, 0.1) is 0 Å². The molecule has 1 aromatic rings. The highest BCUT2D eigenvalue weighted by Crippen LogP contribution is 2.12. The molecule has 0 N–H and O–H groups in total. The first-order valence-corrected chi connectivity index (χ1v) is 4.28. The maximum absolute atomic E-state index is 5.12. The molecule has 0 saturated heterocycles. The third-order valence-corrected chi connectivity index (χ3v) is 2.15. The number of benzene rings is 1. The van der Waals surface area contributed by atoms with Crippen LogP contribution in [0.15, 0.2) is 18.2 Å². The van der Waals surface area contributed by atoms with Gasteiger partial charge in [0.05, 0.1) is 7.11 Å². The number of methoxy groups -OCH3 is 1. The number of rotatable bonds is 2. The van der Waals surface area contributed by atoms with Gasteiger partial charge in [-0.05, 0) is 24.1 Å². The normalized spacial score (nSPS) is 9.73. The molecular weight excluding hydrogens is 155 g/mol. The summed E-state index contributed by atoms with van der Waals surface area (Å²) in [6.07, 6.45) is 1.07. The van der Waals surface area contributed by atoms with Crippen molar-refractivity contribution in [3.8, 4) is 5.75 Å². The Balaban J connectivity index is 2.99. The highest BCUT2D eigenvalue weighted by Gasteiger charge is 1.97. The summed E-state index contributed by atoms with van der Waals surface area (Å²) in [6, 6.07) is 6.22. The molecule has 0 fully saturated rings. The van der Waals surface area contributed by atoms with Gasteiger partial charge in [0.15, 0.2) is 0 Å². The molecule has 0 aliphatic heterocycles. The lowest BCUT2D eigenvalue weighted by Gasteiger charge is -2.04. The molecule has 0 spiro atoms. The van der Waals surface area contributed by atoms with Crippen LogP contribution in [-0.2, 0) is 6.42 Å². The minimum absolute atomic E-state index is 0.937. The van der Waals surface area contributed by atoms with Crippen molar-refractivity contribution in [2.75, 3.05) is 7.11 Å². The van der Waals surface area contributed by atoms with Crippen LogP contribution in [0.25, 0.3) is 0 Å². The maximum atomic E-state index is 5.12. The van der Waals surface area contributed by atoms with Gasteiger partial charge < -0.3 is 4.74 Å². The summed E-state index contributed by atoms with van der Waals surface area (Å²) in [7, 11) is 4.36. The van der Waals surface area contributed by atoms with Crippen LogP contribution in [0.4, 0.5) is 0 Å². The molecule has 0 bridgehead atoms. The van der Waals surface area contributed by atoms with E-state index in [2.05, 4.69) is 28.3 Å². The summed E-state index contributed by atoms with van der Waals surface area (Å²) < 4.78 is 5.12. The molecule has 0 aromatic heterocycles. The lowest BCUT2D eigenvalue weighted by molar-refractivity contribution is 0.418. The predicted octanol–water partition coefficient (Wildman–Crippen LogP) is 1.76. The molecule has 1 atom stereocenters. The summed E-state index contributed by atoms with van der Waals surface area (Å²) in [6.45, 7) is 2.14. The first-order chi connectivity index (χ1) is 5.27. The lowest BCUT2D eigenvalue weighted by atomic mass is 10.2. The van der Waals surface area contributed by atoms with Crippen molar-refractivity contribution < 1.29 is 4.74 Å². The van der Waals surface area contributed by atoms with Gasteiger partial charge in [0.1, 0.15) is 5.75 Å². The fourth-order valence-electron chi connectivity index (χ4n) is 1.00. The molecule has 11 heavy (non-hydrogen) atoms. The van der Waals surface area contributed by atoms with Crippen LogP contribution in [0.5, 0.6) is 5.75 Å². The molecule has 0 heterocycles. The quantitative estimate of drug-likeness (QED) is 0.611. The molecule has 1 aromatic carbocycles. The molecule has 0 radical (unpaired) electrons. The van der Waals surface area contributed by atoms with Crippen molar-refractivity contribution in [1.82, 2.24) is 0 Å². The van der Waals surface area contributed by atoms with Crippen molar-refractivity contribution >= 4 is 14.5 Å². The van der Waals surface area contributed by atoms with E-state index in [1.54, 1.807) is 7.11 Å². The lowest BCUT2D eigenvalue weighted by Crippen LogP contribution is -1.99. The first-order valence-electron chi connectivity index (χ1n) is 3.70. The molecule has 0 amide bonds. The molecule has 60 valence electrons. The second-order valence-electron chi connectivity index (χ2n) is 2.43. The summed E-state index contributed by atoms with van der Waals surface area (Å²) in [5, 5.41) is 1.13. The van der Waals surface area contributed by atoms with Crippen molar-refractivity contribution in [3.63, 3.8) is 0 Å². The Kier molecular flexibility index (Phi) is 2.90. The van der Waals surface area contributed by atoms with Crippen LogP contribution in [-0.4, -0.2) is 7.11 Å². The van der Waals surface area contributed by atoms with Gasteiger partial charge in [0, 0.05) is 5.30 Å². The Hall–Kier alpha value is -0.550. The fraction of sp³-hybridized carbons (Fsp3) is 0.333. The van der Waals surface area contributed by atoms with Crippen LogP contribution in [0.1, 0.15) is 12.5 Å². The summed E-state index contributed by atoms with van der Waals surface area (Å²) in [5.41, 5.74) is 1.34. The summed E-state index contributed by atoms with van der Waals surface area (Å²) in [5.74, 6) is 0.937. The predicted molar refractivity (Wildman–Crippen MR) is 51.7 cm³/mol. The Morgan fingerprint density at radius 1 is 1.45 bits per heavy atom. The van der Waals surface area contributed by atoms with Crippen LogP contribution >= 0.6 is 9.24 Å². The third-order valence-electron chi connectivity index (χ3n) is 1.70. The van der Waals surface area contributed by atoms with E-state index in [0.717, 1.165) is 17.5 Å². The minimum Gasteiger partial charge on any atom is -0.496 e. The molecule has 2 heteroatoms. The zero-order valence-corrected chi connectivity index (χ0v) is 8.08. The summed E-state index contributed by atoms with van der Waals surface area (Å²) >= 11 is 0. The number of ether oxygens (including phenoxy) is 1. The van der Waals surface area contributed by atoms with Gasteiger partial charge in [0.25, 0.3) is 0 Å². The SMILES string of the molecule is CCc1ccc(OC)c(P)c1. The van der Waals surface area contributed by atoms with Crippen LogP contribution in [0.3, 0.4) is 0 Å². The molecule has 0 saturated carbocycles. The van der Waals surface area contributed by atoms with E-state index in [0.29, 0.717) is 0 Å². The van der Waals surface area contributed by atoms with Gasteiger partial charge >= 0.3 is 0 Å². The van der Waals surface area contributed by atoms with E-state index < -0.39 is 0 Å². The molecule has 0 aliphatic carbocycles. The second-order valence-corrected chi connectivity index (χ2v) is 3.05. The smallest absolute Gasteiger partial charge is 0.125 e. The minimum atomic E-state index is 0.937. The van der Waals surface area contributed by atoms with Crippen LogP contribution < -0.4 is 10.0 Å². The van der Waals surface area contributed by atoms with E-state index in [-0.39, 0.29) is 0 Å². The Bertz CT molecular complexity index is 245. The third kappa shape index (κ3) is 1.94. The Morgan fingerprint density at radius 2 is 2.18 bits per heavy atom. The van der Waals surface area contributed by atoms with Crippen molar-refractivity contribution in [2.24, 2.45) is 0 Å².